The number of hydrogen-bond acceptors (Lipinski definition) is 4. The van der Waals surface area contributed by atoms with Crippen molar-refractivity contribution in [1.82, 2.24) is 9.21 Å². The molecule has 0 unspecified atom stereocenters. The van der Waals surface area contributed by atoms with Crippen LogP contribution in [-0.2, 0) is 16.4 Å². The van der Waals surface area contributed by atoms with Gasteiger partial charge in [-0.3, -0.25) is 4.90 Å². The van der Waals surface area contributed by atoms with E-state index in [1.165, 1.54) is 18.2 Å². The van der Waals surface area contributed by atoms with Crippen LogP contribution in [0.15, 0.2) is 83.8 Å². The van der Waals surface area contributed by atoms with E-state index in [1.807, 2.05) is 25.1 Å². The van der Waals surface area contributed by atoms with E-state index in [0.29, 0.717) is 31.9 Å². The lowest BCUT2D eigenvalue weighted by atomic mass is 9.96. The average molecular weight is 451 g/mol. The maximum atomic E-state index is 13.5. The molecule has 1 heterocycles. The summed E-state index contributed by atoms with van der Waals surface area (Å²) in [7, 11) is -2.12. The second-order valence-electron chi connectivity index (χ2n) is 8.00. The third-order valence-electron chi connectivity index (χ3n) is 6.12. The number of nitrogens with zero attached hydrogens (tertiary/aromatic N) is 2. The van der Waals surface area contributed by atoms with Crippen LogP contribution in [0.3, 0.4) is 0 Å². The minimum absolute atomic E-state index is 0.0974. The van der Waals surface area contributed by atoms with Crippen LogP contribution in [-0.4, -0.2) is 50.9 Å². The molecule has 1 aliphatic rings. The summed E-state index contributed by atoms with van der Waals surface area (Å²) >= 11 is 0. The van der Waals surface area contributed by atoms with Gasteiger partial charge in [0.1, 0.15) is 10.6 Å². The number of piperazine rings is 1. The Kier molecular flexibility index (Phi) is 6.94. The van der Waals surface area contributed by atoms with E-state index < -0.39 is 10.0 Å². The van der Waals surface area contributed by atoms with Gasteiger partial charge in [0.15, 0.2) is 0 Å². The second kappa shape index (κ2) is 9.86. The van der Waals surface area contributed by atoms with Crippen LogP contribution >= 0.6 is 0 Å². The van der Waals surface area contributed by atoms with Gasteiger partial charge in [-0.2, -0.15) is 4.31 Å². The first-order valence-corrected chi connectivity index (χ1v) is 12.5. The normalized spacial score (nSPS) is 15.7. The highest BCUT2D eigenvalue weighted by Crippen LogP contribution is 2.32. The molecule has 1 aliphatic heterocycles. The number of hydrogen-bond donors (Lipinski definition) is 0. The summed E-state index contributed by atoms with van der Waals surface area (Å²) in [5, 5.41) is 0. The third kappa shape index (κ3) is 4.58. The number of benzene rings is 3. The van der Waals surface area contributed by atoms with Gasteiger partial charge < -0.3 is 4.74 Å². The minimum atomic E-state index is -3.63. The van der Waals surface area contributed by atoms with E-state index in [4.69, 9.17) is 4.74 Å². The molecular formula is C26H30N2O3S. The molecule has 4 rings (SSSR count). The topological polar surface area (TPSA) is 49.9 Å². The summed E-state index contributed by atoms with van der Waals surface area (Å²) in [6.45, 7) is 4.22. The van der Waals surface area contributed by atoms with E-state index >= 15 is 0 Å². The molecule has 3 aromatic rings. The van der Waals surface area contributed by atoms with Crippen molar-refractivity contribution in [2.24, 2.45) is 0 Å². The molecule has 0 radical (unpaired) electrons. The fourth-order valence-electron chi connectivity index (χ4n) is 4.37. The second-order valence-corrected chi connectivity index (χ2v) is 9.91. The standard InChI is InChI=1S/C26H30N2O3S/c1-3-21-14-15-24(31-2)25(20-21)32(29,30)28-18-16-27(17-19-28)26(22-10-6-4-7-11-22)23-12-8-5-9-13-23/h4-15,20,26H,3,16-19H2,1-2H3. The molecule has 0 aliphatic carbocycles. The van der Waals surface area contributed by atoms with Crippen molar-refractivity contribution in [1.29, 1.82) is 0 Å². The van der Waals surface area contributed by atoms with Crippen molar-refractivity contribution in [3.63, 3.8) is 0 Å². The SMILES string of the molecule is CCc1ccc(OC)c(S(=O)(=O)N2CCN(C(c3ccccc3)c3ccccc3)CC2)c1. The Hall–Kier alpha value is -2.67. The molecular weight excluding hydrogens is 420 g/mol. The highest BCUT2D eigenvalue weighted by atomic mass is 32.2. The van der Waals surface area contributed by atoms with E-state index in [-0.39, 0.29) is 10.9 Å². The fraction of sp³-hybridized carbons (Fsp3) is 0.308. The average Bonchev–Trinajstić information content (AvgIpc) is 2.85. The number of aryl methyl sites for hydroxylation is 1. The van der Waals surface area contributed by atoms with Gasteiger partial charge in [-0.1, -0.05) is 73.7 Å². The lowest BCUT2D eigenvalue weighted by molar-refractivity contribution is 0.155. The van der Waals surface area contributed by atoms with Crippen LogP contribution in [0.25, 0.3) is 0 Å². The highest BCUT2D eigenvalue weighted by molar-refractivity contribution is 7.89. The number of ether oxygens (including phenoxy) is 1. The van der Waals surface area contributed by atoms with Crippen molar-refractivity contribution >= 4 is 10.0 Å². The summed E-state index contributed by atoms with van der Waals surface area (Å²) in [5.74, 6) is 0.399. The fourth-order valence-corrected chi connectivity index (χ4v) is 6.00. The molecule has 1 fully saturated rings. The molecule has 0 amide bonds. The molecule has 32 heavy (non-hydrogen) atoms. The van der Waals surface area contributed by atoms with Crippen LogP contribution in [0.2, 0.25) is 0 Å². The molecule has 0 spiro atoms. The first-order chi connectivity index (χ1) is 15.5. The monoisotopic (exact) mass is 450 g/mol. The van der Waals surface area contributed by atoms with Crippen LogP contribution in [0.5, 0.6) is 5.75 Å². The molecule has 0 aromatic heterocycles. The van der Waals surface area contributed by atoms with Crippen molar-refractivity contribution in [3.05, 3.63) is 95.6 Å². The predicted molar refractivity (Wildman–Crippen MR) is 127 cm³/mol. The summed E-state index contributed by atoms with van der Waals surface area (Å²) < 4.78 is 33.9. The first-order valence-electron chi connectivity index (χ1n) is 11.1. The molecule has 0 N–H and O–H groups in total. The quantitative estimate of drug-likeness (QED) is 0.537. The lowest BCUT2D eigenvalue weighted by Gasteiger charge is -2.39. The Balaban J connectivity index is 1.58. The highest BCUT2D eigenvalue weighted by Gasteiger charge is 2.33. The zero-order valence-corrected chi connectivity index (χ0v) is 19.5. The Morgan fingerprint density at radius 1 is 0.844 bits per heavy atom. The molecule has 3 aromatic carbocycles. The van der Waals surface area contributed by atoms with Gasteiger partial charge in [-0.25, -0.2) is 8.42 Å². The van der Waals surface area contributed by atoms with Gasteiger partial charge in [0.25, 0.3) is 0 Å². The lowest BCUT2D eigenvalue weighted by Crippen LogP contribution is -2.49. The molecule has 0 bridgehead atoms. The van der Waals surface area contributed by atoms with E-state index in [1.54, 1.807) is 16.4 Å². The van der Waals surface area contributed by atoms with Crippen molar-refractivity contribution < 1.29 is 13.2 Å². The zero-order chi connectivity index (χ0) is 22.6. The molecule has 1 saturated heterocycles. The largest absolute Gasteiger partial charge is 0.495 e. The molecule has 6 heteroatoms. The van der Waals surface area contributed by atoms with Crippen molar-refractivity contribution in [3.8, 4) is 5.75 Å². The molecule has 5 nitrogen and oxygen atoms in total. The van der Waals surface area contributed by atoms with Gasteiger partial charge in [0.05, 0.1) is 13.2 Å². The molecule has 0 saturated carbocycles. The number of sulfonamides is 1. The zero-order valence-electron chi connectivity index (χ0n) is 18.6. The van der Waals surface area contributed by atoms with Gasteiger partial charge in [0.2, 0.25) is 10.0 Å². The minimum Gasteiger partial charge on any atom is -0.495 e. The number of methoxy groups -OCH3 is 1. The van der Waals surface area contributed by atoms with E-state index in [2.05, 4.69) is 53.4 Å². The Labute approximate surface area is 191 Å². The number of rotatable bonds is 7. The Morgan fingerprint density at radius 3 is 1.91 bits per heavy atom. The van der Waals surface area contributed by atoms with Crippen molar-refractivity contribution in [2.75, 3.05) is 33.3 Å². The Morgan fingerprint density at radius 2 is 1.41 bits per heavy atom. The maximum Gasteiger partial charge on any atom is 0.246 e. The third-order valence-corrected chi connectivity index (χ3v) is 8.04. The van der Waals surface area contributed by atoms with Crippen LogP contribution in [0.4, 0.5) is 0 Å². The van der Waals surface area contributed by atoms with Gasteiger partial charge in [-0.05, 0) is 35.2 Å². The maximum absolute atomic E-state index is 13.5. The predicted octanol–water partition coefficient (Wildman–Crippen LogP) is 4.35. The van der Waals surface area contributed by atoms with Gasteiger partial charge in [-0.15, -0.1) is 0 Å². The van der Waals surface area contributed by atoms with Crippen LogP contribution in [0, 0.1) is 0 Å². The van der Waals surface area contributed by atoms with E-state index in [9.17, 15) is 8.42 Å². The van der Waals surface area contributed by atoms with Gasteiger partial charge >= 0.3 is 0 Å². The molecule has 0 atom stereocenters. The summed E-state index contributed by atoms with van der Waals surface area (Å²) in [6, 6.07) is 26.3. The Bertz CT molecular complexity index is 1090. The molecule has 168 valence electrons. The summed E-state index contributed by atoms with van der Waals surface area (Å²) in [4.78, 5) is 2.63. The van der Waals surface area contributed by atoms with Crippen LogP contribution in [0.1, 0.15) is 29.7 Å². The first kappa shape index (κ1) is 22.5. The summed E-state index contributed by atoms with van der Waals surface area (Å²) in [5.41, 5.74) is 3.41. The smallest absolute Gasteiger partial charge is 0.246 e. The van der Waals surface area contributed by atoms with Crippen LogP contribution < -0.4 is 4.74 Å². The van der Waals surface area contributed by atoms with E-state index in [0.717, 1.165) is 12.0 Å². The summed E-state index contributed by atoms with van der Waals surface area (Å²) in [6.07, 6.45) is 0.774. The van der Waals surface area contributed by atoms with Crippen molar-refractivity contribution in [2.45, 2.75) is 24.3 Å². The van der Waals surface area contributed by atoms with Gasteiger partial charge in [0, 0.05) is 26.2 Å².